The zero-order valence-electron chi connectivity index (χ0n) is 14.9. The Hall–Kier alpha value is -1.67. The summed E-state index contributed by atoms with van der Waals surface area (Å²) in [5.74, 6) is -0.627. The number of hydrogen-bond acceptors (Lipinski definition) is 3. The Morgan fingerprint density at radius 1 is 0.929 bits per heavy atom. The zero-order valence-corrected chi connectivity index (χ0v) is 17.3. The number of amides is 1. The summed E-state index contributed by atoms with van der Waals surface area (Å²) in [5, 5.41) is 0.682. The quantitative estimate of drug-likeness (QED) is 0.710. The molecule has 0 aromatic heterocycles. The summed E-state index contributed by atoms with van der Waals surface area (Å²) in [4.78, 5) is 14.0. The van der Waals surface area contributed by atoms with Gasteiger partial charge < -0.3 is 4.90 Å². The van der Waals surface area contributed by atoms with E-state index in [1.165, 1.54) is 16.4 Å². The number of hydrogen-bond donors (Lipinski definition) is 0. The lowest BCUT2D eigenvalue weighted by atomic mass is 10.1. The Bertz CT molecular complexity index is 960. The molecule has 0 aliphatic carbocycles. The number of rotatable bonds is 5. The van der Waals surface area contributed by atoms with E-state index in [0.717, 1.165) is 5.56 Å². The number of sulfonamides is 1. The van der Waals surface area contributed by atoms with Crippen molar-refractivity contribution in [3.63, 3.8) is 0 Å². The molecule has 1 saturated heterocycles. The van der Waals surface area contributed by atoms with Crippen LogP contribution in [0.2, 0.25) is 10.0 Å². The van der Waals surface area contributed by atoms with Crippen LogP contribution >= 0.6 is 23.2 Å². The molecule has 0 atom stereocenters. The molecule has 1 heterocycles. The molecule has 2 aromatic rings. The van der Waals surface area contributed by atoms with Crippen LogP contribution in [-0.4, -0.2) is 49.7 Å². The van der Waals surface area contributed by atoms with Crippen LogP contribution in [0.15, 0.2) is 42.5 Å². The number of halogens is 3. The highest BCUT2D eigenvalue weighted by Crippen LogP contribution is 2.24. The number of benzene rings is 2. The number of carbonyl (C=O) groups excluding carboxylic acids is 1. The summed E-state index contributed by atoms with van der Waals surface area (Å²) in [6, 6.07) is 10.5. The highest BCUT2D eigenvalue weighted by Gasteiger charge is 2.29. The van der Waals surface area contributed by atoms with Gasteiger partial charge in [0.1, 0.15) is 5.82 Å². The average molecular weight is 445 g/mol. The molecule has 1 fully saturated rings. The molecule has 1 aliphatic rings. The number of nitrogens with zero attached hydrogens (tertiary/aromatic N) is 2. The standard InChI is InChI=1S/C19H19Cl2FN2O3S/c20-17-6-3-15(11-18(17)21)13-28(26,27)24-9-7-23(8-10-24)19(25)12-14-1-4-16(22)5-2-14/h1-6,11H,7-10,12-13H2. The first-order valence-corrected chi connectivity index (χ1v) is 11.0. The number of piperazine rings is 1. The van der Waals surface area contributed by atoms with Crippen LogP contribution in [-0.2, 0) is 27.0 Å². The van der Waals surface area contributed by atoms with Gasteiger partial charge in [0.05, 0.1) is 22.2 Å². The fraction of sp³-hybridized carbons (Fsp3) is 0.316. The molecule has 1 amide bonds. The van der Waals surface area contributed by atoms with Crippen LogP contribution in [0, 0.1) is 5.82 Å². The Labute approximate surface area is 173 Å². The topological polar surface area (TPSA) is 57.7 Å². The van der Waals surface area contributed by atoms with Gasteiger partial charge in [0.15, 0.2) is 0 Å². The second-order valence-electron chi connectivity index (χ2n) is 6.59. The van der Waals surface area contributed by atoms with E-state index in [0.29, 0.717) is 28.7 Å². The zero-order chi connectivity index (χ0) is 20.3. The molecule has 150 valence electrons. The lowest BCUT2D eigenvalue weighted by molar-refractivity contribution is -0.131. The van der Waals surface area contributed by atoms with E-state index >= 15 is 0 Å². The predicted molar refractivity (Wildman–Crippen MR) is 107 cm³/mol. The maximum absolute atomic E-state index is 13.0. The summed E-state index contributed by atoms with van der Waals surface area (Å²) < 4.78 is 39.7. The molecule has 28 heavy (non-hydrogen) atoms. The van der Waals surface area contributed by atoms with Gasteiger partial charge in [-0.3, -0.25) is 4.79 Å². The fourth-order valence-corrected chi connectivity index (χ4v) is 4.86. The van der Waals surface area contributed by atoms with E-state index in [4.69, 9.17) is 23.2 Å². The van der Waals surface area contributed by atoms with E-state index in [1.807, 2.05) is 0 Å². The van der Waals surface area contributed by atoms with Crippen molar-refractivity contribution in [3.8, 4) is 0 Å². The molecule has 0 N–H and O–H groups in total. The molecular weight excluding hydrogens is 426 g/mol. The third kappa shape index (κ3) is 5.23. The highest BCUT2D eigenvalue weighted by atomic mass is 35.5. The van der Waals surface area contributed by atoms with Crippen molar-refractivity contribution >= 4 is 39.1 Å². The summed E-state index contributed by atoms with van der Waals surface area (Å²) in [6.07, 6.45) is 0.163. The van der Waals surface area contributed by atoms with Gasteiger partial charge in [-0.1, -0.05) is 41.4 Å². The summed E-state index contributed by atoms with van der Waals surface area (Å²) in [5.41, 5.74) is 1.28. The Balaban J connectivity index is 1.56. The minimum Gasteiger partial charge on any atom is -0.340 e. The Kier molecular flexibility index (Phi) is 6.60. The summed E-state index contributed by atoms with van der Waals surface area (Å²) >= 11 is 11.8. The van der Waals surface area contributed by atoms with Crippen molar-refractivity contribution in [2.45, 2.75) is 12.2 Å². The molecule has 5 nitrogen and oxygen atoms in total. The fourth-order valence-electron chi connectivity index (χ4n) is 3.04. The van der Waals surface area contributed by atoms with E-state index in [2.05, 4.69) is 0 Å². The smallest absolute Gasteiger partial charge is 0.227 e. The van der Waals surface area contributed by atoms with Gasteiger partial charge in [0.2, 0.25) is 15.9 Å². The monoisotopic (exact) mass is 444 g/mol. The highest BCUT2D eigenvalue weighted by molar-refractivity contribution is 7.88. The van der Waals surface area contributed by atoms with Crippen LogP contribution in [0.5, 0.6) is 0 Å². The van der Waals surface area contributed by atoms with Gasteiger partial charge in [-0.15, -0.1) is 0 Å². The van der Waals surface area contributed by atoms with Crippen molar-refractivity contribution in [2.24, 2.45) is 0 Å². The molecule has 0 radical (unpaired) electrons. The van der Waals surface area contributed by atoms with Gasteiger partial charge in [-0.25, -0.2) is 12.8 Å². The molecule has 1 aliphatic heterocycles. The molecule has 0 unspecified atom stereocenters. The third-order valence-electron chi connectivity index (χ3n) is 4.59. The first kappa shape index (κ1) is 21.0. The molecule has 0 bridgehead atoms. The van der Waals surface area contributed by atoms with Gasteiger partial charge in [-0.2, -0.15) is 4.31 Å². The van der Waals surface area contributed by atoms with Crippen molar-refractivity contribution in [3.05, 3.63) is 69.5 Å². The van der Waals surface area contributed by atoms with Gasteiger partial charge >= 0.3 is 0 Å². The van der Waals surface area contributed by atoms with Crippen molar-refractivity contribution in [1.82, 2.24) is 9.21 Å². The second kappa shape index (κ2) is 8.78. The van der Waals surface area contributed by atoms with Gasteiger partial charge in [0.25, 0.3) is 0 Å². The maximum atomic E-state index is 13.0. The molecular formula is C19H19Cl2FN2O3S. The minimum atomic E-state index is -3.53. The third-order valence-corrected chi connectivity index (χ3v) is 7.18. The lowest BCUT2D eigenvalue weighted by Crippen LogP contribution is -2.51. The van der Waals surface area contributed by atoms with Gasteiger partial charge in [-0.05, 0) is 35.4 Å². The van der Waals surface area contributed by atoms with E-state index in [1.54, 1.807) is 35.2 Å². The number of carbonyl (C=O) groups is 1. The minimum absolute atomic E-state index is 0.104. The van der Waals surface area contributed by atoms with Crippen LogP contribution in [0.1, 0.15) is 11.1 Å². The first-order chi connectivity index (χ1) is 13.2. The second-order valence-corrected chi connectivity index (χ2v) is 9.37. The molecule has 3 rings (SSSR count). The largest absolute Gasteiger partial charge is 0.340 e. The SMILES string of the molecule is O=C(Cc1ccc(F)cc1)N1CCN(S(=O)(=O)Cc2ccc(Cl)c(Cl)c2)CC1. The van der Waals surface area contributed by atoms with E-state index in [9.17, 15) is 17.6 Å². The Morgan fingerprint density at radius 2 is 1.54 bits per heavy atom. The van der Waals surface area contributed by atoms with Gasteiger partial charge in [0, 0.05) is 26.2 Å². The molecule has 2 aromatic carbocycles. The van der Waals surface area contributed by atoms with Crippen LogP contribution < -0.4 is 0 Å². The van der Waals surface area contributed by atoms with E-state index in [-0.39, 0.29) is 37.0 Å². The average Bonchev–Trinajstić information content (AvgIpc) is 2.66. The van der Waals surface area contributed by atoms with Crippen molar-refractivity contribution < 1.29 is 17.6 Å². The Morgan fingerprint density at radius 3 is 2.14 bits per heavy atom. The predicted octanol–water partition coefficient (Wildman–Crippen LogP) is 3.35. The maximum Gasteiger partial charge on any atom is 0.227 e. The van der Waals surface area contributed by atoms with Crippen LogP contribution in [0.4, 0.5) is 4.39 Å². The molecule has 0 saturated carbocycles. The van der Waals surface area contributed by atoms with Crippen molar-refractivity contribution in [1.29, 1.82) is 0 Å². The summed E-state index contributed by atoms with van der Waals surface area (Å²) in [6.45, 7) is 1.11. The van der Waals surface area contributed by atoms with Crippen LogP contribution in [0.3, 0.4) is 0 Å². The van der Waals surface area contributed by atoms with Crippen LogP contribution in [0.25, 0.3) is 0 Å². The lowest BCUT2D eigenvalue weighted by Gasteiger charge is -2.34. The van der Waals surface area contributed by atoms with E-state index < -0.39 is 10.0 Å². The normalized spacial score (nSPS) is 15.6. The first-order valence-electron chi connectivity index (χ1n) is 8.68. The molecule has 0 spiro atoms. The molecule has 9 heteroatoms. The summed E-state index contributed by atoms with van der Waals surface area (Å²) in [7, 11) is -3.53. The van der Waals surface area contributed by atoms with Crippen molar-refractivity contribution in [2.75, 3.05) is 26.2 Å².